The van der Waals surface area contributed by atoms with Crippen molar-refractivity contribution in [1.29, 1.82) is 0 Å². The molecule has 2 heterocycles. The van der Waals surface area contributed by atoms with Crippen LogP contribution in [-0.2, 0) is 10.3 Å². The standard InChI is InChI=1S/C13H18N4O4/c18-10(19)9-6-14-11(16-9)13(3-1-4-13)17-12(20)15-8-2-5-21-7-8/h6,8H,1-5,7H2,(H,14,16)(H,18,19)(H2,15,17,20). The number of rotatable bonds is 4. The smallest absolute Gasteiger partial charge is 0.353 e. The highest BCUT2D eigenvalue weighted by Crippen LogP contribution is 2.39. The molecule has 1 aromatic heterocycles. The number of carbonyl (C=O) groups excluding carboxylic acids is 1. The maximum Gasteiger partial charge on any atom is 0.353 e. The average molecular weight is 294 g/mol. The van der Waals surface area contributed by atoms with Gasteiger partial charge >= 0.3 is 12.0 Å². The minimum absolute atomic E-state index is 0.0303. The Morgan fingerprint density at radius 1 is 1.48 bits per heavy atom. The summed E-state index contributed by atoms with van der Waals surface area (Å²) in [7, 11) is 0. The lowest BCUT2D eigenvalue weighted by atomic mass is 9.76. The highest BCUT2D eigenvalue weighted by molar-refractivity contribution is 5.85. The van der Waals surface area contributed by atoms with Crippen LogP contribution in [0, 0.1) is 0 Å². The van der Waals surface area contributed by atoms with Gasteiger partial charge in [-0.1, -0.05) is 0 Å². The van der Waals surface area contributed by atoms with Crippen LogP contribution in [0.5, 0.6) is 0 Å². The van der Waals surface area contributed by atoms with Crippen molar-refractivity contribution in [3.05, 3.63) is 17.7 Å². The monoisotopic (exact) mass is 294 g/mol. The fourth-order valence-corrected chi connectivity index (χ4v) is 2.71. The number of aromatic carboxylic acids is 1. The Morgan fingerprint density at radius 2 is 2.29 bits per heavy atom. The number of hydrogen-bond acceptors (Lipinski definition) is 4. The molecule has 1 saturated carbocycles. The third kappa shape index (κ3) is 2.71. The van der Waals surface area contributed by atoms with Crippen LogP contribution in [0.1, 0.15) is 42.0 Å². The van der Waals surface area contributed by atoms with Gasteiger partial charge in [0.05, 0.1) is 24.4 Å². The number of nitrogens with zero attached hydrogens (tertiary/aromatic N) is 1. The molecule has 2 amide bonds. The molecular weight excluding hydrogens is 276 g/mol. The number of aromatic nitrogens is 2. The Bertz CT molecular complexity index is 546. The quantitative estimate of drug-likeness (QED) is 0.648. The van der Waals surface area contributed by atoms with Crippen LogP contribution in [0.4, 0.5) is 4.79 Å². The van der Waals surface area contributed by atoms with Crippen molar-refractivity contribution < 1.29 is 19.4 Å². The van der Waals surface area contributed by atoms with E-state index in [1.165, 1.54) is 6.20 Å². The first kappa shape index (κ1) is 13.9. The van der Waals surface area contributed by atoms with Crippen LogP contribution in [0.25, 0.3) is 0 Å². The summed E-state index contributed by atoms with van der Waals surface area (Å²) in [6.07, 6.45) is 4.55. The number of H-pyrrole nitrogens is 1. The Morgan fingerprint density at radius 3 is 2.81 bits per heavy atom. The Hall–Kier alpha value is -2.09. The average Bonchev–Trinajstić information content (AvgIpc) is 3.04. The zero-order valence-corrected chi connectivity index (χ0v) is 11.5. The second kappa shape index (κ2) is 5.36. The molecule has 114 valence electrons. The van der Waals surface area contributed by atoms with Crippen molar-refractivity contribution in [2.75, 3.05) is 13.2 Å². The number of carbonyl (C=O) groups is 2. The fourth-order valence-electron chi connectivity index (χ4n) is 2.71. The molecule has 21 heavy (non-hydrogen) atoms. The summed E-state index contributed by atoms with van der Waals surface area (Å²) >= 11 is 0. The third-order valence-corrected chi connectivity index (χ3v) is 4.08. The highest BCUT2D eigenvalue weighted by Gasteiger charge is 2.43. The van der Waals surface area contributed by atoms with E-state index in [-0.39, 0.29) is 17.8 Å². The number of nitrogens with one attached hydrogen (secondary N) is 3. The van der Waals surface area contributed by atoms with Crippen LogP contribution in [-0.4, -0.2) is 46.3 Å². The summed E-state index contributed by atoms with van der Waals surface area (Å²) in [5.74, 6) is -0.556. The summed E-state index contributed by atoms with van der Waals surface area (Å²) in [4.78, 5) is 29.9. The molecule has 0 radical (unpaired) electrons. The van der Waals surface area contributed by atoms with Gasteiger partial charge in [0.15, 0.2) is 0 Å². The number of ether oxygens (including phenoxy) is 1. The van der Waals surface area contributed by atoms with Gasteiger partial charge in [-0.05, 0) is 25.7 Å². The Kier molecular flexibility index (Phi) is 3.54. The third-order valence-electron chi connectivity index (χ3n) is 4.08. The Labute approximate surface area is 121 Å². The lowest BCUT2D eigenvalue weighted by Gasteiger charge is -2.40. The van der Waals surface area contributed by atoms with Crippen molar-refractivity contribution >= 4 is 12.0 Å². The number of carboxylic acids is 1. The lowest BCUT2D eigenvalue weighted by molar-refractivity contribution is 0.0690. The van der Waals surface area contributed by atoms with Crippen molar-refractivity contribution in [2.45, 2.75) is 37.3 Å². The van der Waals surface area contributed by atoms with Crippen LogP contribution in [0.3, 0.4) is 0 Å². The van der Waals surface area contributed by atoms with E-state index in [4.69, 9.17) is 9.84 Å². The number of carboxylic acid groups (broad SMARTS) is 1. The van der Waals surface area contributed by atoms with Gasteiger partial charge in [0.1, 0.15) is 11.5 Å². The highest BCUT2D eigenvalue weighted by atomic mass is 16.5. The second-order valence-electron chi connectivity index (χ2n) is 5.55. The lowest BCUT2D eigenvalue weighted by Crippen LogP contribution is -2.56. The molecule has 0 bridgehead atoms. The largest absolute Gasteiger partial charge is 0.477 e. The molecule has 1 aliphatic carbocycles. The first-order chi connectivity index (χ1) is 10.1. The summed E-state index contributed by atoms with van der Waals surface area (Å²) < 4.78 is 5.22. The predicted octanol–water partition coefficient (Wildman–Crippen LogP) is 0.575. The molecule has 1 saturated heterocycles. The van der Waals surface area contributed by atoms with E-state index in [1.807, 2.05) is 0 Å². The molecule has 3 rings (SSSR count). The van der Waals surface area contributed by atoms with E-state index in [1.54, 1.807) is 0 Å². The van der Waals surface area contributed by atoms with Crippen molar-refractivity contribution in [2.24, 2.45) is 0 Å². The predicted molar refractivity (Wildman–Crippen MR) is 72.0 cm³/mol. The van der Waals surface area contributed by atoms with Gasteiger partial charge in [-0.15, -0.1) is 0 Å². The molecule has 8 nitrogen and oxygen atoms in total. The molecule has 2 fully saturated rings. The zero-order valence-electron chi connectivity index (χ0n) is 11.5. The minimum atomic E-state index is -1.06. The SMILES string of the molecule is O=C(NC1CCOC1)NC1(c2ncc(C(=O)O)[nH]2)CCC1. The first-order valence-corrected chi connectivity index (χ1v) is 7.04. The van der Waals surface area contributed by atoms with Crippen LogP contribution >= 0.6 is 0 Å². The van der Waals surface area contributed by atoms with Gasteiger partial charge in [-0.25, -0.2) is 14.6 Å². The molecule has 0 spiro atoms. The minimum Gasteiger partial charge on any atom is -0.477 e. The summed E-state index contributed by atoms with van der Waals surface area (Å²) in [5.41, 5.74) is -0.556. The molecule has 1 unspecified atom stereocenters. The number of aromatic amines is 1. The first-order valence-electron chi connectivity index (χ1n) is 7.04. The van der Waals surface area contributed by atoms with E-state index in [0.29, 0.717) is 19.0 Å². The van der Waals surface area contributed by atoms with Crippen LogP contribution < -0.4 is 10.6 Å². The molecule has 8 heteroatoms. The molecular formula is C13H18N4O4. The number of urea groups is 1. The van der Waals surface area contributed by atoms with Crippen molar-refractivity contribution in [1.82, 2.24) is 20.6 Å². The van der Waals surface area contributed by atoms with E-state index < -0.39 is 11.5 Å². The molecule has 1 atom stereocenters. The van der Waals surface area contributed by atoms with Gasteiger partial charge in [0.2, 0.25) is 0 Å². The van der Waals surface area contributed by atoms with E-state index >= 15 is 0 Å². The van der Waals surface area contributed by atoms with Crippen LogP contribution in [0.15, 0.2) is 6.20 Å². The van der Waals surface area contributed by atoms with E-state index in [2.05, 4.69) is 20.6 Å². The second-order valence-corrected chi connectivity index (χ2v) is 5.55. The summed E-state index contributed by atoms with van der Waals surface area (Å²) in [6, 6.07) is -0.230. The molecule has 1 aromatic rings. The van der Waals surface area contributed by atoms with Gasteiger partial charge in [0.25, 0.3) is 0 Å². The zero-order chi connectivity index (χ0) is 14.9. The maximum atomic E-state index is 12.1. The van der Waals surface area contributed by atoms with Gasteiger partial charge in [-0.2, -0.15) is 0 Å². The normalized spacial score (nSPS) is 23.3. The number of imidazole rings is 1. The maximum absolute atomic E-state index is 12.1. The number of hydrogen-bond donors (Lipinski definition) is 4. The van der Waals surface area contributed by atoms with Crippen LogP contribution in [0.2, 0.25) is 0 Å². The fraction of sp³-hybridized carbons (Fsp3) is 0.615. The van der Waals surface area contributed by atoms with E-state index in [9.17, 15) is 9.59 Å². The van der Waals surface area contributed by atoms with Gasteiger partial charge < -0.3 is 25.5 Å². The summed E-state index contributed by atoms with van der Waals surface area (Å²) in [6.45, 7) is 1.20. The molecule has 1 aliphatic heterocycles. The molecule has 2 aliphatic rings. The Balaban J connectivity index is 1.67. The van der Waals surface area contributed by atoms with E-state index in [0.717, 1.165) is 25.7 Å². The van der Waals surface area contributed by atoms with Crippen molar-refractivity contribution in [3.63, 3.8) is 0 Å². The molecule has 4 N–H and O–H groups in total. The number of amides is 2. The van der Waals surface area contributed by atoms with Crippen molar-refractivity contribution in [3.8, 4) is 0 Å². The van der Waals surface area contributed by atoms with Gasteiger partial charge in [0, 0.05) is 6.61 Å². The van der Waals surface area contributed by atoms with Gasteiger partial charge in [-0.3, -0.25) is 0 Å². The molecule has 0 aromatic carbocycles. The topological polar surface area (TPSA) is 116 Å². The summed E-state index contributed by atoms with van der Waals surface area (Å²) in [5, 5.41) is 14.7.